The van der Waals surface area contributed by atoms with Crippen molar-refractivity contribution in [2.24, 2.45) is 0 Å². The van der Waals surface area contributed by atoms with Gasteiger partial charge in [-0.25, -0.2) is 4.79 Å². The topological polar surface area (TPSA) is 35.5 Å². The van der Waals surface area contributed by atoms with Gasteiger partial charge in [0.05, 0.1) is 6.42 Å². The molecule has 0 spiro atoms. The van der Waals surface area contributed by atoms with Gasteiger partial charge < -0.3 is 0 Å². The Balaban J connectivity index is 3.93. The Morgan fingerprint density at radius 2 is 0.967 bits per heavy atom. The summed E-state index contributed by atoms with van der Waals surface area (Å²) in [6, 6.07) is 0. The molecule has 0 fully saturated rings. The smallest absolute Gasteiger partial charge is 0.298 e. The van der Waals surface area contributed by atoms with Crippen molar-refractivity contribution in [3.63, 3.8) is 0 Å². The van der Waals surface area contributed by atoms with Crippen LogP contribution in [0.1, 0.15) is 99.8 Å². The minimum atomic E-state index is -0.315. The van der Waals surface area contributed by atoms with Gasteiger partial charge in [0.25, 0.3) is 0 Å². The molecule has 0 bridgehead atoms. The molecule has 0 N–H and O–H groups in total. The third-order valence-electron chi connectivity index (χ3n) is 4.71. The second-order valence-corrected chi connectivity index (χ2v) is 8.61. The van der Waals surface area contributed by atoms with Crippen molar-refractivity contribution in [1.29, 1.82) is 0 Å². The van der Waals surface area contributed by atoms with Gasteiger partial charge in [0.15, 0.2) is 0 Å². The fourth-order valence-corrected chi connectivity index (χ4v) is 2.78. The van der Waals surface area contributed by atoms with Crippen LogP contribution in [0.15, 0.2) is 58.2 Å². The quantitative estimate of drug-likeness (QED) is 0.116. The zero-order valence-electron chi connectivity index (χ0n) is 20.5. The molecule has 0 amide bonds. The summed E-state index contributed by atoms with van der Waals surface area (Å²) < 4.78 is 0. The van der Waals surface area contributed by atoms with Crippen LogP contribution in [0.2, 0.25) is 0 Å². The average molecular weight is 417 g/mol. The van der Waals surface area contributed by atoms with Crippen LogP contribution >= 0.6 is 0 Å². The molecule has 0 atom stereocenters. The van der Waals surface area contributed by atoms with E-state index in [-0.39, 0.29) is 5.97 Å². The molecular formula is C27H44O3. The highest BCUT2D eigenvalue weighted by Gasteiger charge is 2.02. The third-order valence-corrected chi connectivity index (χ3v) is 4.71. The summed E-state index contributed by atoms with van der Waals surface area (Å²) in [6.45, 7) is 15.2. The van der Waals surface area contributed by atoms with Gasteiger partial charge in [-0.3, -0.25) is 4.89 Å². The minimum Gasteiger partial charge on any atom is -0.298 e. The van der Waals surface area contributed by atoms with Gasteiger partial charge in [-0.05, 0) is 93.4 Å². The SMILES string of the molecule is CC(C)=CCCC(C)=CCCC(C)=CCCC(=O)OOC/C=C(\C)CCC=C(C)C. The molecule has 0 radical (unpaired) electrons. The number of rotatable bonds is 15. The molecule has 0 aliphatic rings. The lowest BCUT2D eigenvalue weighted by molar-refractivity contribution is -0.265. The van der Waals surface area contributed by atoms with E-state index < -0.39 is 0 Å². The maximum Gasteiger partial charge on any atom is 0.342 e. The van der Waals surface area contributed by atoms with E-state index >= 15 is 0 Å². The first-order valence-corrected chi connectivity index (χ1v) is 11.3. The molecular weight excluding hydrogens is 372 g/mol. The zero-order chi connectivity index (χ0) is 22.8. The van der Waals surface area contributed by atoms with Crippen LogP contribution in [-0.2, 0) is 14.6 Å². The molecule has 0 heterocycles. The zero-order valence-corrected chi connectivity index (χ0v) is 20.5. The summed E-state index contributed by atoms with van der Waals surface area (Å²) in [7, 11) is 0. The lowest BCUT2D eigenvalue weighted by Gasteiger charge is -2.03. The van der Waals surface area contributed by atoms with Crippen LogP contribution in [0, 0.1) is 0 Å². The molecule has 0 unspecified atom stereocenters. The van der Waals surface area contributed by atoms with E-state index in [2.05, 4.69) is 72.8 Å². The van der Waals surface area contributed by atoms with E-state index in [0.29, 0.717) is 19.4 Å². The second-order valence-electron chi connectivity index (χ2n) is 8.61. The first-order chi connectivity index (χ1) is 14.2. The van der Waals surface area contributed by atoms with Crippen LogP contribution in [0.3, 0.4) is 0 Å². The number of hydrogen-bond acceptors (Lipinski definition) is 3. The minimum absolute atomic E-state index is 0.306. The van der Waals surface area contributed by atoms with Crippen molar-refractivity contribution in [3.8, 4) is 0 Å². The molecule has 0 aromatic carbocycles. The molecule has 0 saturated heterocycles. The Morgan fingerprint density at radius 3 is 1.43 bits per heavy atom. The summed E-state index contributed by atoms with van der Waals surface area (Å²) in [6.07, 6.45) is 18.3. The van der Waals surface area contributed by atoms with Crippen molar-refractivity contribution >= 4 is 5.97 Å². The van der Waals surface area contributed by atoms with Gasteiger partial charge in [-0.1, -0.05) is 58.2 Å². The van der Waals surface area contributed by atoms with Crippen LogP contribution in [0.5, 0.6) is 0 Å². The van der Waals surface area contributed by atoms with E-state index in [0.717, 1.165) is 38.5 Å². The van der Waals surface area contributed by atoms with Crippen LogP contribution in [0.4, 0.5) is 0 Å². The average Bonchev–Trinajstić information content (AvgIpc) is 2.64. The second kappa shape index (κ2) is 17.9. The van der Waals surface area contributed by atoms with Crippen LogP contribution in [0.25, 0.3) is 0 Å². The number of carbonyl (C=O) groups is 1. The van der Waals surface area contributed by atoms with E-state index in [1.165, 1.54) is 27.9 Å². The maximum absolute atomic E-state index is 11.7. The van der Waals surface area contributed by atoms with Gasteiger partial charge in [-0.2, -0.15) is 4.89 Å². The van der Waals surface area contributed by atoms with Crippen molar-refractivity contribution in [1.82, 2.24) is 0 Å². The van der Waals surface area contributed by atoms with Gasteiger partial charge in [0.2, 0.25) is 0 Å². The van der Waals surface area contributed by atoms with Gasteiger partial charge in [0, 0.05) is 0 Å². The summed E-state index contributed by atoms with van der Waals surface area (Å²) in [4.78, 5) is 21.6. The Bertz CT molecular complexity index is 637. The Kier molecular flexibility index (Phi) is 16.8. The highest BCUT2D eigenvalue weighted by Crippen LogP contribution is 2.12. The summed E-state index contributed by atoms with van der Waals surface area (Å²) >= 11 is 0. The van der Waals surface area contributed by atoms with Gasteiger partial charge >= 0.3 is 5.97 Å². The fourth-order valence-electron chi connectivity index (χ4n) is 2.78. The first-order valence-electron chi connectivity index (χ1n) is 11.3. The normalized spacial score (nSPS) is 12.6. The molecule has 0 rings (SSSR count). The van der Waals surface area contributed by atoms with Crippen molar-refractivity contribution in [2.75, 3.05) is 6.61 Å². The molecule has 0 aromatic rings. The van der Waals surface area contributed by atoms with E-state index in [9.17, 15) is 4.79 Å². The number of hydrogen-bond donors (Lipinski definition) is 0. The van der Waals surface area contributed by atoms with Crippen molar-refractivity contribution in [3.05, 3.63) is 58.2 Å². The molecule has 0 aromatic heterocycles. The lowest BCUT2D eigenvalue weighted by Crippen LogP contribution is -2.05. The highest BCUT2D eigenvalue weighted by atomic mass is 17.2. The van der Waals surface area contributed by atoms with Gasteiger partial charge in [-0.15, -0.1) is 0 Å². The Hall–Kier alpha value is -1.87. The largest absolute Gasteiger partial charge is 0.342 e. The van der Waals surface area contributed by atoms with Gasteiger partial charge in [0.1, 0.15) is 6.61 Å². The van der Waals surface area contributed by atoms with Crippen molar-refractivity contribution < 1.29 is 14.6 Å². The summed E-state index contributed by atoms with van der Waals surface area (Å²) in [5.41, 5.74) is 6.71. The first kappa shape index (κ1) is 28.1. The predicted molar refractivity (Wildman–Crippen MR) is 129 cm³/mol. The molecule has 3 heteroatoms. The molecule has 30 heavy (non-hydrogen) atoms. The third kappa shape index (κ3) is 19.4. The Morgan fingerprint density at radius 1 is 0.567 bits per heavy atom. The standard InChI is InChI=1S/C27H44O3/c1-22(2)12-8-14-24(5)16-10-17-25(6)18-11-19-27(28)30-29-21-20-26(7)15-9-13-23(3)4/h12-13,16,18,20H,8-11,14-15,17,19,21H2,1-7H3/b24-16?,25-18?,26-20+. The predicted octanol–water partition coefficient (Wildman–Crippen LogP) is 8.35. The maximum atomic E-state index is 11.7. The van der Waals surface area contributed by atoms with Crippen molar-refractivity contribution in [2.45, 2.75) is 99.8 Å². The molecule has 3 nitrogen and oxygen atoms in total. The monoisotopic (exact) mass is 416 g/mol. The molecule has 0 aliphatic heterocycles. The lowest BCUT2D eigenvalue weighted by atomic mass is 10.1. The Labute approximate surface area is 185 Å². The van der Waals surface area contributed by atoms with E-state index in [1.807, 2.05) is 6.08 Å². The van der Waals surface area contributed by atoms with E-state index in [1.54, 1.807) is 0 Å². The summed E-state index contributed by atoms with van der Waals surface area (Å²) in [5.74, 6) is -0.315. The molecule has 170 valence electrons. The number of allylic oxidation sites excluding steroid dienone is 9. The molecule has 0 aliphatic carbocycles. The summed E-state index contributed by atoms with van der Waals surface area (Å²) in [5, 5.41) is 0. The van der Waals surface area contributed by atoms with Crippen LogP contribution in [-0.4, -0.2) is 12.6 Å². The fraction of sp³-hybridized carbons (Fsp3) is 0.593. The van der Waals surface area contributed by atoms with E-state index in [4.69, 9.17) is 9.78 Å². The van der Waals surface area contributed by atoms with Crippen LogP contribution < -0.4 is 0 Å². The molecule has 0 saturated carbocycles. The highest BCUT2D eigenvalue weighted by molar-refractivity contribution is 5.68. The number of carbonyl (C=O) groups excluding carboxylic acids is 1.